The summed E-state index contributed by atoms with van der Waals surface area (Å²) in [6.45, 7) is 11.4. The number of benzene rings is 4. The SMILES string of the molecule is CC(C)C1CC(N)NC(NC(=O)Nc2ccc3ccc(CNCCCNC4CC(C(C)C)(C5CCCCCCC5)NC(NC(=O)Nc5ccc6ccccc6c5)N4)cc3c2)N1. The van der Waals surface area contributed by atoms with Gasteiger partial charge in [-0.25, -0.2) is 9.59 Å². The van der Waals surface area contributed by atoms with Crippen LogP contribution >= 0.6 is 0 Å². The highest BCUT2D eigenvalue weighted by Crippen LogP contribution is 2.40. The lowest BCUT2D eigenvalue weighted by Gasteiger charge is -2.53. The average molecular weight is 834 g/mol. The molecule has 2 saturated heterocycles. The Bertz CT molecular complexity index is 2050. The molecular formula is C48H71N11O2. The molecule has 13 heteroatoms. The van der Waals surface area contributed by atoms with Crippen LogP contribution in [0.25, 0.3) is 21.5 Å². The van der Waals surface area contributed by atoms with Crippen molar-refractivity contribution in [2.45, 2.75) is 135 Å². The van der Waals surface area contributed by atoms with Crippen LogP contribution in [0.3, 0.4) is 0 Å². The van der Waals surface area contributed by atoms with Crippen molar-refractivity contribution in [3.8, 4) is 0 Å². The maximum atomic E-state index is 13.5. The van der Waals surface area contributed by atoms with Crippen molar-refractivity contribution in [1.82, 2.24) is 42.5 Å². The number of fused-ring (bicyclic) bond motifs is 2. The molecule has 1 saturated carbocycles. The normalized spacial score (nSPS) is 25.3. The van der Waals surface area contributed by atoms with Crippen molar-refractivity contribution < 1.29 is 9.59 Å². The molecule has 0 radical (unpaired) electrons. The minimum absolute atomic E-state index is 0.0372. The number of urea groups is 2. The highest BCUT2D eigenvalue weighted by atomic mass is 16.2. The number of rotatable bonds is 14. The Morgan fingerprint density at radius 2 is 1.36 bits per heavy atom. The first kappa shape index (κ1) is 44.7. The molecule has 6 atom stereocenters. The smallest absolute Gasteiger partial charge is 0.316 e. The molecule has 6 unspecified atom stereocenters. The first-order valence-electron chi connectivity index (χ1n) is 22.9. The molecule has 2 aliphatic heterocycles. The number of carbonyl (C=O) groups is 2. The molecule has 0 bridgehead atoms. The van der Waals surface area contributed by atoms with E-state index in [1.807, 2.05) is 48.5 Å². The van der Waals surface area contributed by atoms with Crippen LogP contribution in [0.1, 0.15) is 97.5 Å². The van der Waals surface area contributed by atoms with Crippen molar-refractivity contribution in [3.05, 3.63) is 84.4 Å². The summed E-state index contributed by atoms with van der Waals surface area (Å²) in [7, 11) is 0. The van der Waals surface area contributed by atoms with Crippen molar-refractivity contribution in [2.24, 2.45) is 23.5 Å². The van der Waals surface area contributed by atoms with Crippen LogP contribution in [0.2, 0.25) is 0 Å². The van der Waals surface area contributed by atoms with Gasteiger partial charge in [0.1, 0.15) is 12.6 Å². The average Bonchev–Trinajstić information content (AvgIpc) is 3.21. The third-order valence-electron chi connectivity index (χ3n) is 13.2. The Hall–Kier alpha value is -4.34. The lowest BCUT2D eigenvalue weighted by Crippen LogP contribution is -2.75. The van der Waals surface area contributed by atoms with Crippen LogP contribution in [0.5, 0.6) is 0 Å². The predicted molar refractivity (Wildman–Crippen MR) is 250 cm³/mol. The van der Waals surface area contributed by atoms with Gasteiger partial charge in [-0.15, -0.1) is 0 Å². The summed E-state index contributed by atoms with van der Waals surface area (Å²) in [5.74, 6) is 1.33. The van der Waals surface area contributed by atoms with Gasteiger partial charge in [-0.3, -0.25) is 21.3 Å². The standard InChI is InChI=1S/C48H71N11O2/c1-31(2)41-28-42(49)55-44(54-41)57-46(60)53-40-22-20-35-18-17-33(25-37(35)27-40)30-50-23-12-24-51-43-29-48(32(3)4,38-15-8-6-5-7-9-16-38)59-45(56-43)58-47(61)52-39-21-19-34-13-10-11-14-36(34)26-39/h10-11,13-14,17-22,25-27,31-32,38,41-45,50-51,54-56,59H,5-9,12,15-16,23-24,28-30,49H2,1-4H3,(H2,52,58,61)(H2,53,57,60). The van der Waals surface area contributed by atoms with E-state index in [1.54, 1.807) is 0 Å². The number of anilines is 2. The van der Waals surface area contributed by atoms with E-state index < -0.39 is 12.6 Å². The van der Waals surface area contributed by atoms with Gasteiger partial charge in [-0.05, 0) is 120 Å². The largest absolute Gasteiger partial charge is 0.321 e. The minimum atomic E-state index is -0.404. The number of nitrogens with one attached hydrogen (secondary N) is 10. The zero-order valence-electron chi connectivity index (χ0n) is 36.7. The van der Waals surface area contributed by atoms with Crippen LogP contribution in [-0.4, -0.2) is 61.6 Å². The van der Waals surface area contributed by atoms with E-state index in [0.717, 1.165) is 71.8 Å². The monoisotopic (exact) mass is 834 g/mol. The van der Waals surface area contributed by atoms with E-state index in [0.29, 0.717) is 17.8 Å². The number of carbonyl (C=O) groups excluding carboxylic acids is 2. The second-order valence-corrected chi connectivity index (χ2v) is 18.3. The van der Waals surface area contributed by atoms with Gasteiger partial charge < -0.3 is 37.6 Å². The summed E-state index contributed by atoms with van der Waals surface area (Å²) >= 11 is 0. The molecule has 4 aromatic rings. The first-order valence-corrected chi connectivity index (χ1v) is 22.9. The maximum Gasteiger partial charge on any atom is 0.321 e. The van der Waals surface area contributed by atoms with Gasteiger partial charge in [0.2, 0.25) is 0 Å². The van der Waals surface area contributed by atoms with Gasteiger partial charge in [0.25, 0.3) is 0 Å². The van der Waals surface area contributed by atoms with E-state index in [4.69, 9.17) is 5.73 Å². The van der Waals surface area contributed by atoms with Crippen LogP contribution in [-0.2, 0) is 6.54 Å². The fourth-order valence-corrected chi connectivity index (χ4v) is 9.81. The maximum absolute atomic E-state index is 13.5. The fourth-order valence-electron chi connectivity index (χ4n) is 9.81. The Kier molecular flexibility index (Phi) is 15.5. The van der Waals surface area contributed by atoms with Gasteiger partial charge in [0.15, 0.2) is 0 Å². The number of nitrogens with two attached hydrogens (primary N) is 1. The Labute approximate surface area is 362 Å². The van der Waals surface area contributed by atoms with Gasteiger partial charge in [-0.1, -0.05) is 108 Å². The van der Waals surface area contributed by atoms with Crippen LogP contribution < -0.4 is 58.9 Å². The summed E-state index contributed by atoms with van der Waals surface area (Å²) in [6, 6.07) is 26.4. The summed E-state index contributed by atoms with van der Waals surface area (Å²) in [6.07, 6.45) is 10.6. The molecule has 4 aromatic carbocycles. The quantitative estimate of drug-likeness (QED) is 0.0590. The Morgan fingerprint density at radius 3 is 2.07 bits per heavy atom. The molecule has 1 aliphatic carbocycles. The summed E-state index contributed by atoms with van der Waals surface area (Å²) in [4.78, 5) is 26.4. The van der Waals surface area contributed by atoms with E-state index >= 15 is 0 Å². The first-order chi connectivity index (χ1) is 29.5. The molecule has 13 nitrogen and oxygen atoms in total. The van der Waals surface area contributed by atoms with E-state index in [1.165, 1.54) is 50.5 Å². The summed E-state index contributed by atoms with van der Waals surface area (Å²) in [5, 5.41) is 38.5. The highest BCUT2D eigenvalue weighted by Gasteiger charge is 2.47. The molecule has 0 spiro atoms. The van der Waals surface area contributed by atoms with E-state index in [9.17, 15) is 9.59 Å². The lowest BCUT2D eigenvalue weighted by molar-refractivity contribution is 0.0263. The van der Waals surface area contributed by atoms with E-state index in [-0.39, 0.29) is 36.0 Å². The number of amides is 4. The fraction of sp³-hybridized carbons (Fsp3) is 0.542. The molecule has 12 N–H and O–H groups in total. The summed E-state index contributed by atoms with van der Waals surface area (Å²) in [5.41, 5.74) is 8.75. The molecule has 7 rings (SSSR count). The second kappa shape index (κ2) is 21.2. The van der Waals surface area contributed by atoms with E-state index in [2.05, 4.69) is 111 Å². The highest BCUT2D eigenvalue weighted by molar-refractivity contribution is 5.94. The lowest BCUT2D eigenvalue weighted by atomic mass is 9.67. The van der Waals surface area contributed by atoms with Crippen molar-refractivity contribution in [1.29, 1.82) is 0 Å². The molecular weight excluding hydrogens is 763 g/mol. The molecule has 3 aliphatic rings. The minimum Gasteiger partial charge on any atom is -0.316 e. The molecule has 0 aromatic heterocycles. The van der Waals surface area contributed by atoms with Crippen molar-refractivity contribution in [3.63, 3.8) is 0 Å². The molecule has 61 heavy (non-hydrogen) atoms. The second-order valence-electron chi connectivity index (χ2n) is 18.3. The van der Waals surface area contributed by atoms with Crippen molar-refractivity contribution >= 4 is 45.0 Å². The number of hydrogen-bond acceptors (Lipinski definition) is 9. The molecule has 3 fully saturated rings. The van der Waals surface area contributed by atoms with Crippen molar-refractivity contribution in [2.75, 3.05) is 23.7 Å². The summed E-state index contributed by atoms with van der Waals surface area (Å²) < 4.78 is 0. The molecule has 2 heterocycles. The Morgan fingerprint density at radius 1 is 0.721 bits per heavy atom. The topological polar surface area (TPSA) is 180 Å². The van der Waals surface area contributed by atoms with Gasteiger partial charge in [0.05, 0.1) is 12.3 Å². The van der Waals surface area contributed by atoms with Crippen LogP contribution in [0.4, 0.5) is 21.0 Å². The van der Waals surface area contributed by atoms with Gasteiger partial charge in [-0.2, -0.15) is 0 Å². The zero-order valence-corrected chi connectivity index (χ0v) is 36.7. The third kappa shape index (κ3) is 12.2. The Balaban J connectivity index is 0.915. The predicted octanol–water partition coefficient (Wildman–Crippen LogP) is 7.13. The van der Waals surface area contributed by atoms with Gasteiger partial charge >= 0.3 is 12.1 Å². The molecule has 4 amide bonds. The van der Waals surface area contributed by atoms with Crippen LogP contribution in [0, 0.1) is 17.8 Å². The van der Waals surface area contributed by atoms with Crippen LogP contribution in [0.15, 0.2) is 78.9 Å². The zero-order chi connectivity index (χ0) is 42.8. The number of hydrogen-bond donors (Lipinski definition) is 11. The molecule has 330 valence electrons. The van der Waals surface area contributed by atoms with Gasteiger partial charge in [0, 0.05) is 29.5 Å². The third-order valence-corrected chi connectivity index (χ3v) is 13.2.